The molecule has 0 bridgehead atoms. The highest BCUT2D eigenvalue weighted by Gasteiger charge is 2.50. The lowest BCUT2D eigenvalue weighted by Crippen LogP contribution is -2.10. The molecule has 0 spiro atoms. The molecule has 152 valence electrons. The van der Waals surface area contributed by atoms with E-state index in [9.17, 15) is 0 Å². The molecule has 0 radical (unpaired) electrons. The SMILES string of the molecule is COc1ccc(-c2nc(C3(c4ccccc4-c4nn[nH]n4)CC3)sc2C)c(OC)c1. The summed E-state index contributed by atoms with van der Waals surface area (Å²) in [6.07, 6.45) is 2.10. The average Bonchev–Trinajstić information content (AvgIpc) is 3.22. The Labute approximate surface area is 178 Å². The number of hydrogen-bond acceptors (Lipinski definition) is 7. The Morgan fingerprint density at radius 2 is 1.87 bits per heavy atom. The number of methoxy groups -OCH3 is 2. The minimum Gasteiger partial charge on any atom is -0.497 e. The van der Waals surface area contributed by atoms with Crippen molar-refractivity contribution in [2.45, 2.75) is 25.2 Å². The number of benzene rings is 2. The zero-order valence-electron chi connectivity index (χ0n) is 17.0. The van der Waals surface area contributed by atoms with Gasteiger partial charge in [0.25, 0.3) is 0 Å². The zero-order valence-corrected chi connectivity index (χ0v) is 17.8. The second-order valence-corrected chi connectivity index (χ2v) is 8.56. The van der Waals surface area contributed by atoms with Crippen LogP contribution in [0.2, 0.25) is 0 Å². The molecule has 0 amide bonds. The molecule has 0 aliphatic heterocycles. The van der Waals surface area contributed by atoms with Crippen molar-refractivity contribution in [1.29, 1.82) is 0 Å². The van der Waals surface area contributed by atoms with Crippen LogP contribution in [-0.4, -0.2) is 39.8 Å². The van der Waals surface area contributed by atoms with Gasteiger partial charge in [0.1, 0.15) is 16.5 Å². The van der Waals surface area contributed by atoms with Crippen molar-refractivity contribution in [3.05, 3.63) is 57.9 Å². The number of H-pyrrole nitrogens is 1. The lowest BCUT2D eigenvalue weighted by molar-refractivity contribution is 0.395. The Bertz CT molecular complexity index is 1200. The normalized spacial score (nSPS) is 14.5. The summed E-state index contributed by atoms with van der Waals surface area (Å²) in [5.74, 6) is 2.13. The van der Waals surface area contributed by atoms with Crippen molar-refractivity contribution in [2.75, 3.05) is 14.2 Å². The topological polar surface area (TPSA) is 85.8 Å². The van der Waals surface area contributed by atoms with Crippen LogP contribution in [0.3, 0.4) is 0 Å². The van der Waals surface area contributed by atoms with Crippen LogP contribution in [0.5, 0.6) is 11.5 Å². The van der Waals surface area contributed by atoms with Gasteiger partial charge in [-0.15, -0.1) is 21.5 Å². The first kappa shape index (κ1) is 18.7. The van der Waals surface area contributed by atoms with Crippen LogP contribution in [0.15, 0.2) is 42.5 Å². The van der Waals surface area contributed by atoms with E-state index in [1.54, 1.807) is 25.6 Å². The Kier molecular flexibility index (Phi) is 4.51. The molecule has 4 aromatic rings. The quantitative estimate of drug-likeness (QED) is 0.499. The number of thiazole rings is 1. The molecule has 2 heterocycles. The van der Waals surface area contributed by atoms with Gasteiger partial charge in [-0.05, 0) is 42.7 Å². The highest BCUT2D eigenvalue weighted by Crippen LogP contribution is 2.57. The van der Waals surface area contributed by atoms with Gasteiger partial charge < -0.3 is 9.47 Å². The summed E-state index contributed by atoms with van der Waals surface area (Å²) in [7, 11) is 3.32. The van der Waals surface area contributed by atoms with Gasteiger partial charge in [-0.2, -0.15) is 5.21 Å². The molecule has 0 unspecified atom stereocenters. The third-order valence-corrected chi connectivity index (χ3v) is 6.82. The molecule has 0 saturated heterocycles. The molecule has 1 aliphatic rings. The minimum absolute atomic E-state index is 0.107. The summed E-state index contributed by atoms with van der Waals surface area (Å²) in [6, 6.07) is 14.1. The summed E-state index contributed by atoms with van der Waals surface area (Å²) in [6.45, 7) is 2.11. The molecule has 1 saturated carbocycles. The largest absolute Gasteiger partial charge is 0.497 e. The number of aromatic amines is 1. The maximum absolute atomic E-state index is 5.62. The van der Waals surface area contributed by atoms with Gasteiger partial charge in [0, 0.05) is 27.5 Å². The predicted octanol–water partition coefficient (Wildman–Crippen LogP) is 4.40. The number of hydrogen-bond donors (Lipinski definition) is 1. The molecule has 2 aromatic heterocycles. The second-order valence-electron chi connectivity index (χ2n) is 7.35. The maximum Gasteiger partial charge on any atom is 0.204 e. The van der Waals surface area contributed by atoms with Crippen molar-refractivity contribution in [1.82, 2.24) is 25.6 Å². The fourth-order valence-corrected chi connectivity index (χ4v) is 5.13. The number of ether oxygens (including phenoxy) is 2. The lowest BCUT2D eigenvalue weighted by atomic mass is 9.91. The van der Waals surface area contributed by atoms with E-state index in [0.29, 0.717) is 5.82 Å². The molecule has 5 rings (SSSR count). The predicted molar refractivity (Wildman–Crippen MR) is 115 cm³/mol. The summed E-state index contributed by atoms with van der Waals surface area (Å²) in [4.78, 5) is 6.27. The van der Waals surface area contributed by atoms with Crippen LogP contribution in [-0.2, 0) is 5.41 Å². The van der Waals surface area contributed by atoms with Crippen LogP contribution in [0.25, 0.3) is 22.6 Å². The van der Waals surface area contributed by atoms with Crippen molar-refractivity contribution < 1.29 is 9.47 Å². The Morgan fingerprint density at radius 3 is 2.57 bits per heavy atom. The van der Waals surface area contributed by atoms with E-state index in [2.05, 4.69) is 39.7 Å². The fourth-order valence-electron chi connectivity index (χ4n) is 3.94. The Hall–Kier alpha value is -3.26. The summed E-state index contributed by atoms with van der Waals surface area (Å²) < 4.78 is 11.0. The van der Waals surface area contributed by atoms with Gasteiger partial charge in [0.05, 0.1) is 19.9 Å². The van der Waals surface area contributed by atoms with Crippen molar-refractivity contribution >= 4 is 11.3 Å². The van der Waals surface area contributed by atoms with Gasteiger partial charge in [0.2, 0.25) is 5.82 Å². The molecule has 2 aromatic carbocycles. The van der Waals surface area contributed by atoms with Crippen LogP contribution in [0, 0.1) is 6.92 Å². The molecule has 0 atom stereocenters. The highest BCUT2D eigenvalue weighted by atomic mass is 32.1. The van der Waals surface area contributed by atoms with Crippen LogP contribution < -0.4 is 9.47 Å². The second kappa shape index (κ2) is 7.21. The molecule has 1 aliphatic carbocycles. The van der Waals surface area contributed by atoms with Gasteiger partial charge in [-0.1, -0.05) is 24.3 Å². The first-order valence-electron chi connectivity index (χ1n) is 9.70. The standard InChI is InChI=1S/C22H21N5O2S/c1-13-19(16-9-8-14(28-2)12-18(16)29-3)23-21(30-13)22(10-11-22)17-7-5-4-6-15(17)20-24-26-27-25-20/h4-9,12H,10-11H2,1-3H3,(H,24,25,26,27). The van der Waals surface area contributed by atoms with Crippen molar-refractivity contribution in [3.63, 3.8) is 0 Å². The fraction of sp³-hybridized carbons (Fsp3) is 0.273. The molecule has 7 nitrogen and oxygen atoms in total. The summed E-state index contributed by atoms with van der Waals surface area (Å²) in [5, 5.41) is 15.8. The third kappa shape index (κ3) is 2.95. The highest BCUT2D eigenvalue weighted by molar-refractivity contribution is 7.12. The number of nitrogens with zero attached hydrogens (tertiary/aromatic N) is 4. The van der Waals surface area contributed by atoms with Crippen LogP contribution in [0.1, 0.15) is 28.3 Å². The number of rotatable bonds is 6. The zero-order chi connectivity index (χ0) is 20.7. The molecular weight excluding hydrogens is 398 g/mol. The van der Waals surface area contributed by atoms with Crippen LogP contribution >= 0.6 is 11.3 Å². The lowest BCUT2D eigenvalue weighted by Gasteiger charge is -2.16. The first-order valence-corrected chi connectivity index (χ1v) is 10.5. The van der Waals surface area contributed by atoms with E-state index in [-0.39, 0.29) is 5.41 Å². The number of aryl methyl sites for hydroxylation is 1. The summed E-state index contributed by atoms with van der Waals surface area (Å²) >= 11 is 1.75. The van der Waals surface area contributed by atoms with E-state index in [1.165, 1.54) is 5.56 Å². The van der Waals surface area contributed by atoms with Gasteiger partial charge in [-0.25, -0.2) is 4.98 Å². The number of tetrazole rings is 1. The summed E-state index contributed by atoms with van der Waals surface area (Å²) in [5.41, 5.74) is 4.02. The van der Waals surface area contributed by atoms with E-state index in [4.69, 9.17) is 14.5 Å². The monoisotopic (exact) mass is 419 g/mol. The van der Waals surface area contributed by atoms with Crippen molar-refractivity contribution in [3.8, 4) is 34.1 Å². The van der Waals surface area contributed by atoms with Crippen molar-refractivity contribution in [2.24, 2.45) is 0 Å². The Balaban J connectivity index is 1.60. The first-order chi connectivity index (χ1) is 14.7. The molecule has 8 heteroatoms. The van der Waals surface area contributed by atoms with Gasteiger partial charge in [-0.3, -0.25) is 0 Å². The maximum atomic E-state index is 5.62. The van der Waals surface area contributed by atoms with Crippen LogP contribution in [0.4, 0.5) is 0 Å². The van der Waals surface area contributed by atoms with E-state index in [1.807, 2.05) is 30.3 Å². The van der Waals surface area contributed by atoms with E-state index >= 15 is 0 Å². The Morgan fingerprint density at radius 1 is 1.03 bits per heavy atom. The van der Waals surface area contributed by atoms with E-state index < -0.39 is 0 Å². The molecular formula is C22H21N5O2S. The smallest absolute Gasteiger partial charge is 0.204 e. The number of aromatic nitrogens is 5. The average molecular weight is 420 g/mol. The molecule has 1 N–H and O–H groups in total. The minimum atomic E-state index is -0.107. The number of nitrogens with one attached hydrogen (secondary N) is 1. The molecule has 1 fully saturated rings. The van der Waals surface area contributed by atoms with E-state index in [0.717, 1.165) is 51.0 Å². The molecule has 30 heavy (non-hydrogen) atoms. The third-order valence-electron chi connectivity index (χ3n) is 5.65. The van der Waals surface area contributed by atoms with Gasteiger partial charge >= 0.3 is 0 Å². The van der Waals surface area contributed by atoms with Gasteiger partial charge in [0.15, 0.2) is 0 Å².